The number of rotatable bonds is 3. The molecule has 1 N–H and O–H groups in total. The van der Waals surface area contributed by atoms with Crippen LogP contribution in [-0.4, -0.2) is 16.1 Å². The number of nitrogens with zero attached hydrogens (tertiary/aromatic N) is 1. The second-order valence-electron chi connectivity index (χ2n) is 2.99. The number of hydrogen-bond acceptors (Lipinski definition) is 2. The monoisotopic (exact) mass is 279 g/mol. The molecule has 0 radical (unpaired) electrons. The molecule has 0 saturated heterocycles. The quantitative estimate of drug-likeness (QED) is 0.866. The van der Waals surface area contributed by atoms with Gasteiger partial charge < -0.3 is 5.11 Å². The zero-order valence-corrected chi connectivity index (χ0v) is 9.38. The average Bonchev–Trinajstić information content (AvgIpc) is 2.08. The van der Waals surface area contributed by atoms with Gasteiger partial charge in [0.2, 0.25) is 0 Å². The van der Waals surface area contributed by atoms with Gasteiger partial charge in [0.15, 0.2) is 0 Å². The molecule has 0 bridgehead atoms. The number of carbonyl (C=O) groups is 1. The Bertz CT molecular complexity index is 396. The van der Waals surface area contributed by atoms with Crippen molar-refractivity contribution in [2.75, 3.05) is 0 Å². The second-order valence-corrected chi connectivity index (χ2v) is 3.74. The molecule has 0 aliphatic heterocycles. The number of alkyl halides is 2. The number of aryl methyl sites for hydroxylation is 1. The van der Waals surface area contributed by atoms with E-state index in [1.54, 1.807) is 6.92 Å². The van der Waals surface area contributed by atoms with Gasteiger partial charge in [-0.05, 0) is 28.9 Å². The van der Waals surface area contributed by atoms with Crippen LogP contribution < -0.4 is 0 Å². The van der Waals surface area contributed by atoms with Crippen molar-refractivity contribution in [3.05, 3.63) is 27.5 Å². The van der Waals surface area contributed by atoms with E-state index in [0.29, 0.717) is 5.69 Å². The van der Waals surface area contributed by atoms with Crippen LogP contribution in [0.3, 0.4) is 0 Å². The fourth-order valence-corrected chi connectivity index (χ4v) is 1.86. The Hall–Kier alpha value is -1.04. The molecule has 6 heteroatoms. The summed E-state index contributed by atoms with van der Waals surface area (Å²) in [4.78, 5) is 14.4. The van der Waals surface area contributed by atoms with E-state index in [2.05, 4.69) is 20.9 Å². The number of aromatic nitrogens is 1. The van der Waals surface area contributed by atoms with Gasteiger partial charge in [-0.15, -0.1) is 0 Å². The fraction of sp³-hybridized carbons (Fsp3) is 0.333. The summed E-state index contributed by atoms with van der Waals surface area (Å²) in [5.74, 6) is -1.16. The Morgan fingerprint density at radius 2 is 2.27 bits per heavy atom. The van der Waals surface area contributed by atoms with Gasteiger partial charge in [0, 0.05) is 16.8 Å². The number of hydrogen-bond donors (Lipinski definition) is 1. The molecule has 0 aliphatic carbocycles. The number of aliphatic carboxylic acids is 1. The standard InChI is InChI=1S/C9H8BrF2NO2/c1-4-2-6(9(11)12)5(3-7(14)15)8(10)13-4/h2,9H,3H2,1H3,(H,14,15). The first-order chi connectivity index (χ1) is 6.91. The molecule has 82 valence electrons. The molecule has 15 heavy (non-hydrogen) atoms. The summed E-state index contributed by atoms with van der Waals surface area (Å²) < 4.78 is 25.4. The van der Waals surface area contributed by atoms with Crippen LogP contribution in [0.4, 0.5) is 8.78 Å². The molecule has 0 spiro atoms. The van der Waals surface area contributed by atoms with Crippen LogP contribution in [0.5, 0.6) is 0 Å². The molecule has 0 saturated carbocycles. The number of pyridine rings is 1. The Balaban J connectivity index is 3.26. The van der Waals surface area contributed by atoms with Crippen molar-refractivity contribution in [3.63, 3.8) is 0 Å². The highest BCUT2D eigenvalue weighted by Gasteiger charge is 2.19. The van der Waals surface area contributed by atoms with Crippen LogP contribution in [0.1, 0.15) is 23.2 Å². The van der Waals surface area contributed by atoms with E-state index >= 15 is 0 Å². The van der Waals surface area contributed by atoms with Crippen LogP contribution >= 0.6 is 15.9 Å². The third kappa shape index (κ3) is 2.95. The topological polar surface area (TPSA) is 50.2 Å². The average molecular weight is 280 g/mol. The SMILES string of the molecule is Cc1cc(C(F)F)c(CC(=O)O)c(Br)n1. The Kier molecular flexibility index (Phi) is 3.73. The third-order valence-corrected chi connectivity index (χ3v) is 2.46. The maximum atomic E-state index is 12.6. The van der Waals surface area contributed by atoms with Gasteiger partial charge in [-0.2, -0.15) is 0 Å². The third-order valence-electron chi connectivity index (χ3n) is 1.80. The first kappa shape index (κ1) is 12.0. The smallest absolute Gasteiger partial charge is 0.307 e. The van der Waals surface area contributed by atoms with Crippen molar-refractivity contribution in [1.82, 2.24) is 4.98 Å². The maximum Gasteiger partial charge on any atom is 0.307 e. The van der Waals surface area contributed by atoms with Crippen molar-refractivity contribution in [2.24, 2.45) is 0 Å². The summed E-state index contributed by atoms with van der Waals surface area (Å²) in [6.07, 6.45) is -3.16. The lowest BCUT2D eigenvalue weighted by molar-refractivity contribution is -0.136. The summed E-state index contributed by atoms with van der Waals surface area (Å²) >= 11 is 2.99. The van der Waals surface area contributed by atoms with Gasteiger partial charge in [0.05, 0.1) is 6.42 Å². The van der Waals surface area contributed by atoms with Gasteiger partial charge in [0.1, 0.15) is 4.60 Å². The molecule has 0 fully saturated rings. The molecular formula is C9H8BrF2NO2. The molecule has 0 atom stereocenters. The summed E-state index contributed by atoms with van der Waals surface area (Å²) in [6.45, 7) is 1.57. The minimum atomic E-state index is -2.70. The van der Waals surface area contributed by atoms with Crippen molar-refractivity contribution in [1.29, 1.82) is 0 Å². The first-order valence-electron chi connectivity index (χ1n) is 4.07. The van der Waals surface area contributed by atoms with Crippen molar-refractivity contribution in [2.45, 2.75) is 19.8 Å². The highest BCUT2D eigenvalue weighted by Crippen LogP contribution is 2.28. The van der Waals surface area contributed by atoms with Crippen LogP contribution in [0.2, 0.25) is 0 Å². The summed E-state index contributed by atoms with van der Waals surface area (Å²) in [6, 6.07) is 1.20. The predicted molar refractivity (Wildman–Crippen MR) is 53.0 cm³/mol. The summed E-state index contributed by atoms with van der Waals surface area (Å²) in [7, 11) is 0. The van der Waals surface area contributed by atoms with E-state index in [9.17, 15) is 13.6 Å². The molecular weight excluding hydrogens is 272 g/mol. The van der Waals surface area contributed by atoms with Crippen molar-refractivity contribution in [3.8, 4) is 0 Å². The number of carboxylic acids is 1. The van der Waals surface area contributed by atoms with Gasteiger partial charge in [-0.3, -0.25) is 4.79 Å². The first-order valence-corrected chi connectivity index (χ1v) is 4.87. The van der Waals surface area contributed by atoms with E-state index in [1.807, 2.05) is 0 Å². The minimum absolute atomic E-state index is 0.0306. The Morgan fingerprint density at radius 3 is 2.73 bits per heavy atom. The van der Waals surface area contributed by atoms with E-state index in [-0.39, 0.29) is 15.7 Å². The van der Waals surface area contributed by atoms with Crippen LogP contribution in [0, 0.1) is 6.92 Å². The zero-order valence-electron chi connectivity index (χ0n) is 7.80. The molecule has 1 aromatic rings. The molecule has 0 unspecified atom stereocenters. The Labute approximate surface area is 93.3 Å². The van der Waals surface area contributed by atoms with E-state index in [4.69, 9.17) is 5.11 Å². The lowest BCUT2D eigenvalue weighted by Gasteiger charge is -2.09. The molecule has 0 aliphatic rings. The van der Waals surface area contributed by atoms with Crippen molar-refractivity contribution >= 4 is 21.9 Å². The van der Waals surface area contributed by atoms with E-state index < -0.39 is 18.8 Å². The van der Waals surface area contributed by atoms with Gasteiger partial charge in [-0.1, -0.05) is 0 Å². The largest absolute Gasteiger partial charge is 0.481 e. The molecule has 0 amide bonds. The fourth-order valence-electron chi connectivity index (χ4n) is 1.21. The molecule has 1 rings (SSSR count). The highest BCUT2D eigenvalue weighted by molar-refractivity contribution is 9.10. The number of halogens is 3. The van der Waals surface area contributed by atoms with Gasteiger partial charge in [0.25, 0.3) is 6.43 Å². The highest BCUT2D eigenvalue weighted by atomic mass is 79.9. The molecule has 1 heterocycles. The molecule has 0 aromatic carbocycles. The lowest BCUT2D eigenvalue weighted by Crippen LogP contribution is -2.07. The van der Waals surface area contributed by atoms with Crippen LogP contribution in [0.25, 0.3) is 0 Å². The van der Waals surface area contributed by atoms with Gasteiger partial charge in [-0.25, -0.2) is 13.8 Å². The normalized spacial score (nSPS) is 10.7. The van der Waals surface area contributed by atoms with Crippen LogP contribution in [0.15, 0.2) is 10.7 Å². The maximum absolute atomic E-state index is 12.6. The molecule has 3 nitrogen and oxygen atoms in total. The lowest BCUT2D eigenvalue weighted by atomic mass is 10.1. The minimum Gasteiger partial charge on any atom is -0.481 e. The van der Waals surface area contributed by atoms with E-state index in [0.717, 1.165) is 0 Å². The summed E-state index contributed by atoms with van der Waals surface area (Å²) in [5, 5.41) is 8.57. The molecule has 1 aromatic heterocycles. The van der Waals surface area contributed by atoms with E-state index in [1.165, 1.54) is 6.07 Å². The Morgan fingerprint density at radius 1 is 1.67 bits per heavy atom. The summed E-state index contributed by atoms with van der Waals surface area (Å²) in [5.41, 5.74) is 0.172. The van der Waals surface area contributed by atoms with Gasteiger partial charge >= 0.3 is 5.97 Å². The van der Waals surface area contributed by atoms with Crippen molar-refractivity contribution < 1.29 is 18.7 Å². The predicted octanol–water partition coefficient (Wildman–Crippen LogP) is 2.72. The second kappa shape index (κ2) is 4.65. The zero-order chi connectivity index (χ0) is 11.6. The van der Waals surface area contributed by atoms with Crippen LogP contribution in [-0.2, 0) is 11.2 Å². The number of carboxylic acid groups (broad SMARTS) is 1.